The van der Waals surface area contributed by atoms with Crippen LogP contribution in [0.3, 0.4) is 0 Å². The maximum Gasteiger partial charge on any atom is 0.319 e. The van der Waals surface area contributed by atoms with E-state index in [9.17, 15) is 14.3 Å². The Morgan fingerprint density at radius 3 is 2.83 bits per heavy atom. The molecule has 0 fully saturated rings. The first-order valence-corrected chi connectivity index (χ1v) is 9.13. The molecular formula is C20H22F2N4O3. The number of hydrogen-bond donors (Lipinski definition) is 3. The van der Waals surface area contributed by atoms with E-state index in [0.717, 1.165) is 23.5 Å². The summed E-state index contributed by atoms with van der Waals surface area (Å²) in [6.07, 6.45) is 2.61. The van der Waals surface area contributed by atoms with Gasteiger partial charge < -0.3 is 20.6 Å². The van der Waals surface area contributed by atoms with Crippen LogP contribution in [0.4, 0.5) is 19.3 Å². The third-order valence-corrected chi connectivity index (χ3v) is 4.74. The number of benzene rings is 1. The molecule has 1 aromatic carbocycles. The van der Waals surface area contributed by atoms with Gasteiger partial charge in [-0.15, -0.1) is 0 Å². The minimum absolute atomic E-state index is 0.179. The Hall–Kier alpha value is -3.20. The lowest BCUT2D eigenvalue weighted by atomic mass is 9.99. The Morgan fingerprint density at radius 2 is 2.17 bits per heavy atom. The van der Waals surface area contributed by atoms with Gasteiger partial charge in [0.1, 0.15) is 23.3 Å². The molecule has 2 aromatic heterocycles. The minimum atomic E-state index is -1.64. The molecule has 0 saturated carbocycles. The standard InChI is InChI=1S/C20H22F2N4O3/c1-3-4-7-26(20(23)28)15-6-5-14(21)16(17(15)22)18(27)13-10-25-19-12(13)8-11(29-2)9-24-19/h5-6,8-10,18,27H,3-4,7H2,1-2H3,(H2,23,28)(H,24,25)/t18-/m0/s1. The van der Waals surface area contributed by atoms with Crippen molar-refractivity contribution in [3.8, 4) is 5.75 Å². The number of carbonyl (C=O) groups is 1. The van der Waals surface area contributed by atoms with E-state index in [0.29, 0.717) is 23.2 Å². The molecule has 154 valence electrons. The highest BCUT2D eigenvalue weighted by Crippen LogP contribution is 2.35. The van der Waals surface area contributed by atoms with Gasteiger partial charge in [0.25, 0.3) is 0 Å². The maximum atomic E-state index is 15.3. The second kappa shape index (κ2) is 8.44. The van der Waals surface area contributed by atoms with E-state index < -0.39 is 29.3 Å². The van der Waals surface area contributed by atoms with E-state index in [-0.39, 0.29) is 17.8 Å². The molecule has 9 heteroatoms. The van der Waals surface area contributed by atoms with Crippen LogP contribution in [0, 0.1) is 11.6 Å². The molecule has 2 amide bonds. The number of nitrogens with two attached hydrogens (primary N) is 1. The normalized spacial score (nSPS) is 12.2. The molecule has 0 radical (unpaired) electrons. The molecule has 1 atom stereocenters. The summed E-state index contributed by atoms with van der Waals surface area (Å²) in [7, 11) is 1.46. The number of aliphatic hydroxyl groups is 1. The van der Waals surface area contributed by atoms with E-state index >= 15 is 4.39 Å². The van der Waals surface area contributed by atoms with Gasteiger partial charge in [-0.25, -0.2) is 18.6 Å². The molecule has 0 bridgehead atoms. The largest absolute Gasteiger partial charge is 0.495 e. The minimum Gasteiger partial charge on any atom is -0.495 e. The number of pyridine rings is 1. The number of methoxy groups -OCH3 is 1. The molecule has 0 unspecified atom stereocenters. The number of unbranched alkanes of at least 4 members (excludes halogenated alkanes) is 1. The molecule has 29 heavy (non-hydrogen) atoms. The molecule has 0 aliphatic rings. The Morgan fingerprint density at radius 1 is 1.41 bits per heavy atom. The van der Waals surface area contributed by atoms with Crippen LogP contribution >= 0.6 is 0 Å². The number of rotatable bonds is 7. The lowest BCUT2D eigenvalue weighted by molar-refractivity contribution is 0.210. The van der Waals surface area contributed by atoms with Crippen LogP contribution in [0.1, 0.15) is 37.0 Å². The molecule has 0 aliphatic heterocycles. The topological polar surface area (TPSA) is 104 Å². The number of halogens is 2. The summed E-state index contributed by atoms with van der Waals surface area (Å²) in [6, 6.07) is 2.90. The monoisotopic (exact) mass is 404 g/mol. The predicted octanol–water partition coefficient (Wildman–Crippen LogP) is 3.62. The van der Waals surface area contributed by atoms with Crippen molar-refractivity contribution in [3.63, 3.8) is 0 Å². The third-order valence-electron chi connectivity index (χ3n) is 4.74. The number of aromatic amines is 1. The quantitative estimate of drug-likeness (QED) is 0.559. The van der Waals surface area contributed by atoms with Crippen molar-refractivity contribution in [1.82, 2.24) is 9.97 Å². The molecule has 0 aliphatic carbocycles. The van der Waals surface area contributed by atoms with Crippen LogP contribution in [-0.2, 0) is 0 Å². The fourth-order valence-electron chi connectivity index (χ4n) is 3.18. The van der Waals surface area contributed by atoms with Gasteiger partial charge in [0.2, 0.25) is 0 Å². The lowest BCUT2D eigenvalue weighted by Gasteiger charge is -2.23. The summed E-state index contributed by atoms with van der Waals surface area (Å²) in [5.74, 6) is -1.55. The Labute approximate surface area is 166 Å². The molecule has 2 heterocycles. The SMILES string of the molecule is CCCCN(C(N)=O)c1ccc(F)c([C@@H](O)c2c[nH]c3ncc(OC)cc23)c1F. The van der Waals surface area contributed by atoms with Crippen molar-refractivity contribution in [3.05, 3.63) is 53.4 Å². The molecule has 0 spiro atoms. The van der Waals surface area contributed by atoms with Gasteiger partial charge in [-0.3, -0.25) is 4.90 Å². The first kappa shape index (κ1) is 20.5. The summed E-state index contributed by atoms with van der Waals surface area (Å²) < 4.78 is 34.9. The number of H-pyrrole nitrogens is 1. The first-order chi connectivity index (χ1) is 13.9. The van der Waals surface area contributed by atoms with Gasteiger partial charge in [0.05, 0.1) is 24.6 Å². The van der Waals surface area contributed by atoms with E-state index in [1.54, 1.807) is 6.07 Å². The van der Waals surface area contributed by atoms with E-state index in [4.69, 9.17) is 10.5 Å². The molecule has 4 N–H and O–H groups in total. The second-order valence-corrected chi connectivity index (χ2v) is 6.56. The molecule has 3 aromatic rings. The molecular weight excluding hydrogens is 382 g/mol. The Bertz CT molecular complexity index is 1040. The summed E-state index contributed by atoms with van der Waals surface area (Å²) in [5, 5.41) is 11.3. The highest BCUT2D eigenvalue weighted by molar-refractivity contribution is 5.91. The zero-order valence-corrected chi connectivity index (χ0v) is 16.1. The number of amides is 2. The van der Waals surface area contributed by atoms with Crippen LogP contribution < -0.4 is 15.4 Å². The number of aromatic nitrogens is 2. The van der Waals surface area contributed by atoms with E-state index in [1.807, 2.05) is 6.92 Å². The van der Waals surface area contributed by atoms with Crippen molar-refractivity contribution >= 4 is 22.8 Å². The van der Waals surface area contributed by atoms with Crippen molar-refractivity contribution in [2.75, 3.05) is 18.6 Å². The van der Waals surface area contributed by atoms with Crippen LogP contribution in [0.25, 0.3) is 11.0 Å². The fraction of sp³-hybridized carbons (Fsp3) is 0.300. The predicted molar refractivity (Wildman–Crippen MR) is 105 cm³/mol. The average Bonchev–Trinajstić information content (AvgIpc) is 3.12. The maximum absolute atomic E-state index is 15.3. The van der Waals surface area contributed by atoms with Gasteiger partial charge in [-0.1, -0.05) is 13.3 Å². The molecule has 3 rings (SSSR count). The average molecular weight is 404 g/mol. The summed E-state index contributed by atoms with van der Waals surface area (Å²) >= 11 is 0. The number of nitrogens with one attached hydrogen (secondary N) is 1. The number of fused-ring (bicyclic) bond motifs is 1. The van der Waals surface area contributed by atoms with Gasteiger partial charge in [0.15, 0.2) is 5.82 Å². The number of primary amides is 1. The van der Waals surface area contributed by atoms with Gasteiger partial charge in [-0.2, -0.15) is 0 Å². The fourth-order valence-corrected chi connectivity index (χ4v) is 3.18. The first-order valence-electron chi connectivity index (χ1n) is 9.13. The summed E-state index contributed by atoms with van der Waals surface area (Å²) in [5.41, 5.74) is 5.27. The molecule has 7 nitrogen and oxygen atoms in total. The Balaban J connectivity index is 2.10. The van der Waals surface area contributed by atoms with Crippen molar-refractivity contribution < 1.29 is 23.4 Å². The number of anilines is 1. The van der Waals surface area contributed by atoms with Crippen molar-refractivity contribution in [1.29, 1.82) is 0 Å². The van der Waals surface area contributed by atoms with Crippen LogP contribution in [0.2, 0.25) is 0 Å². The third kappa shape index (κ3) is 3.86. The van der Waals surface area contributed by atoms with Crippen LogP contribution in [0.5, 0.6) is 5.75 Å². The van der Waals surface area contributed by atoms with Crippen LogP contribution in [-0.4, -0.2) is 34.8 Å². The second-order valence-electron chi connectivity index (χ2n) is 6.56. The number of urea groups is 1. The summed E-state index contributed by atoms with van der Waals surface area (Å²) in [4.78, 5) is 19.8. The highest BCUT2D eigenvalue weighted by atomic mass is 19.1. The highest BCUT2D eigenvalue weighted by Gasteiger charge is 2.27. The lowest BCUT2D eigenvalue weighted by Crippen LogP contribution is -2.37. The van der Waals surface area contributed by atoms with Gasteiger partial charge in [-0.05, 0) is 24.6 Å². The Kier molecular flexibility index (Phi) is 5.97. The zero-order valence-electron chi connectivity index (χ0n) is 16.1. The summed E-state index contributed by atoms with van der Waals surface area (Å²) in [6.45, 7) is 2.09. The van der Waals surface area contributed by atoms with Crippen LogP contribution in [0.15, 0.2) is 30.6 Å². The van der Waals surface area contributed by atoms with Crippen molar-refractivity contribution in [2.45, 2.75) is 25.9 Å². The molecule has 0 saturated heterocycles. The number of ether oxygens (including phenoxy) is 1. The van der Waals surface area contributed by atoms with Crippen molar-refractivity contribution in [2.24, 2.45) is 5.73 Å². The van der Waals surface area contributed by atoms with Gasteiger partial charge in [0, 0.05) is 23.7 Å². The number of carbonyl (C=O) groups excluding carboxylic acids is 1. The van der Waals surface area contributed by atoms with E-state index in [2.05, 4.69) is 9.97 Å². The van der Waals surface area contributed by atoms with Gasteiger partial charge >= 0.3 is 6.03 Å². The number of nitrogens with zero attached hydrogens (tertiary/aromatic N) is 2. The number of hydrogen-bond acceptors (Lipinski definition) is 4. The van der Waals surface area contributed by atoms with E-state index in [1.165, 1.54) is 19.5 Å². The zero-order chi connectivity index (χ0) is 21.1. The smallest absolute Gasteiger partial charge is 0.319 e. The number of aliphatic hydroxyl groups excluding tert-OH is 1.